The van der Waals surface area contributed by atoms with Crippen molar-refractivity contribution >= 4 is 5.91 Å². The monoisotopic (exact) mass is 559 g/mol. The van der Waals surface area contributed by atoms with Gasteiger partial charge in [-0.05, 0) is 0 Å². The fourth-order valence-electron chi connectivity index (χ4n) is 4.64. The van der Waals surface area contributed by atoms with Gasteiger partial charge in [-0.2, -0.15) is 0 Å². The number of carbonyl (C=O) groups excluding carboxylic acids is 1. The molecule has 17 nitrogen and oxygen atoms in total. The molecule has 0 aromatic heterocycles. The van der Waals surface area contributed by atoms with E-state index in [0.717, 1.165) is 0 Å². The van der Waals surface area contributed by atoms with Crippen LogP contribution in [0.5, 0.6) is 0 Å². The van der Waals surface area contributed by atoms with Crippen LogP contribution in [0.2, 0.25) is 0 Å². The minimum absolute atomic E-state index is 0.536. The Morgan fingerprint density at radius 1 is 0.658 bits per heavy atom. The zero-order valence-corrected chi connectivity index (χ0v) is 20.7. The summed E-state index contributed by atoms with van der Waals surface area (Å²) in [4.78, 5) is 11.6. The first-order valence-electron chi connectivity index (χ1n) is 12.0. The third kappa shape index (κ3) is 6.43. The normalized spacial score (nSPS) is 48.0. The summed E-state index contributed by atoms with van der Waals surface area (Å²) in [7, 11) is 1.25. The maximum Gasteiger partial charge on any atom is 0.217 e. The smallest absolute Gasteiger partial charge is 0.217 e. The van der Waals surface area contributed by atoms with Crippen molar-refractivity contribution in [1.82, 2.24) is 5.32 Å². The Hall–Kier alpha value is -1.13. The van der Waals surface area contributed by atoms with E-state index in [2.05, 4.69) is 5.32 Å². The van der Waals surface area contributed by atoms with E-state index in [4.69, 9.17) is 28.4 Å². The van der Waals surface area contributed by atoms with Gasteiger partial charge in [-0.3, -0.25) is 4.79 Å². The first-order chi connectivity index (χ1) is 18.0. The zero-order valence-electron chi connectivity index (χ0n) is 20.7. The highest BCUT2D eigenvalue weighted by molar-refractivity contribution is 5.73. The molecule has 0 aliphatic carbocycles. The van der Waals surface area contributed by atoms with Gasteiger partial charge in [0.15, 0.2) is 18.9 Å². The van der Waals surface area contributed by atoms with E-state index in [-0.39, 0.29) is 0 Å². The van der Waals surface area contributed by atoms with Crippen molar-refractivity contribution < 1.29 is 79.2 Å². The molecule has 0 aromatic carbocycles. The van der Waals surface area contributed by atoms with Crippen molar-refractivity contribution in [3.8, 4) is 0 Å². The van der Waals surface area contributed by atoms with Gasteiger partial charge in [0.05, 0.1) is 19.8 Å². The fraction of sp³-hybridized carbons (Fsp3) is 0.952. The molecule has 1 amide bonds. The Balaban J connectivity index is 1.81. The fourth-order valence-corrected chi connectivity index (χ4v) is 4.64. The number of carbonyl (C=O) groups is 1. The maximum absolute atomic E-state index is 11.6. The van der Waals surface area contributed by atoms with Gasteiger partial charge in [0.25, 0.3) is 0 Å². The van der Waals surface area contributed by atoms with Crippen LogP contribution in [-0.2, 0) is 33.2 Å². The van der Waals surface area contributed by atoms with Crippen LogP contribution in [-0.4, -0.2) is 171 Å². The number of nitrogens with one attached hydrogen (secondary N) is 1. The Morgan fingerprint density at radius 2 is 1.16 bits per heavy atom. The lowest BCUT2D eigenvalue weighted by atomic mass is 9.95. The summed E-state index contributed by atoms with van der Waals surface area (Å²) in [5, 5.41) is 94.2. The number of aliphatic hydroxyl groups is 9. The van der Waals surface area contributed by atoms with Crippen LogP contribution in [0.1, 0.15) is 6.92 Å². The van der Waals surface area contributed by atoms with Crippen molar-refractivity contribution in [3.05, 3.63) is 0 Å². The standard InChI is InChI=1S/C21H37NO16/c1-6(26)22-10-13(29)17(9(5-25)36-19(10)33-2)37-21-16(32)18(12(28)8(4-24)35-21)38-20-15(31)14(30)11(27)7(3-23)34-20/h7-21,23-25,27-32H,3-5H2,1-2H3,(H,22,26)/t7?,8?,9?,10?,11-,12-,13+,14-,15?,16?,17+,18-,19+,20+,21-/m0/s1. The van der Waals surface area contributed by atoms with Crippen LogP contribution in [0.25, 0.3) is 0 Å². The van der Waals surface area contributed by atoms with Crippen molar-refractivity contribution in [1.29, 1.82) is 0 Å². The van der Waals surface area contributed by atoms with Crippen molar-refractivity contribution in [3.63, 3.8) is 0 Å². The Kier molecular flexibility index (Phi) is 11.1. The highest BCUT2D eigenvalue weighted by Gasteiger charge is 2.53. The second kappa shape index (κ2) is 13.5. The number of methoxy groups -OCH3 is 1. The average molecular weight is 560 g/mol. The van der Waals surface area contributed by atoms with Crippen LogP contribution in [0.3, 0.4) is 0 Å². The van der Waals surface area contributed by atoms with Crippen molar-refractivity contribution in [2.45, 2.75) is 99.0 Å². The van der Waals surface area contributed by atoms with E-state index in [1.54, 1.807) is 0 Å². The molecule has 0 aromatic rings. The van der Waals surface area contributed by atoms with Gasteiger partial charge in [0.2, 0.25) is 5.91 Å². The molecule has 15 atom stereocenters. The van der Waals surface area contributed by atoms with Crippen molar-refractivity contribution in [2.24, 2.45) is 0 Å². The lowest BCUT2D eigenvalue weighted by Gasteiger charge is -2.48. The molecule has 0 saturated carbocycles. The Bertz CT molecular complexity index is 761. The predicted molar refractivity (Wildman–Crippen MR) is 118 cm³/mol. The van der Waals surface area contributed by atoms with Crippen LogP contribution in [0, 0.1) is 0 Å². The number of ether oxygens (including phenoxy) is 6. The molecule has 3 saturated heterocycles. The van der Waals surface area contributed by atoms with E-state index in [1.165, 1.54) is 14.0 Å². The van der Waals surface area contributed by atoms with Crippen LogP contribution in [0.15, 0.2) is 0 Å². The SMILES string of the molecule is CO[C@@H]1OC(CO)[C@@H](O[C@@H]2OC(CO)[C@H](O)[C@H](O[C@H]3OC(CO)[C@H](O)[C@H](O)C3O)C2O)[C@H](O)C1NC(C)=O. The van der Waals surface area contributed by atoms with E-state index >= 15 is 0 Å². The summed E-state index contributed by atoms with van der Waals surface area (Å²) in [5.74, 6) is -0.536. The molecule has 3 aliphatic heterocycles. The number of hydrogen-bond donors (Lipinski definition) is 10. The first kappa shape index (κ1) is 31.4. The molecule has 10 N–H and O–H groups in total. The van der Waals surface area contributed by atoms with Gasteiger partial charge in [-0.1, -0.05) is 0 Å². The van der Waals surface area contributed by atoms with Crippen LogP contribution < -0.4 is 5.32 Å². The molecule has 38 heavy (non-hydrogen) atoms. The molecular formula is C21H37NO16. The van der Waals surface area contributed by atoms with Gasteiger partial charge >= 0.3 is 0 Å². The molecule has 6 unspecified atom stereocenters. The summed E-state index contributed by atoms with van der Waals surface area (Å²) in [6.07, 6.45) is -22.3. The molecule has 222 valence electrons. The van der Waals surface area contributed by atoms with Gasteiger partial charge < -0.3 is 79.7 Å². The molecule has 0 spiro atoms. The second-order valence-corrected chi connectivity index (χ2v) is 9.28. The molecule has 3 fully saturated rings. The zero-order chi connectivity index (χ0) is 28.3. The lowest BCUT2D eigenvalue weighted by Crippen LogP contribution is -2.68. The largest absolute Gasteiger partial charge is 0.394 e. The van der Waals surface area contributed by atoms with Gasteiger partial charge in [0.1, 0.15) is 73.2 Å². The quantitative estimate of drug-likeness (QED) is 0.126. The summed E-state index contributed by atoms with van der Waals surface area (Å²) in [5.41, 5.74) is 0. The molecule has 0 bridgehead atoms. The number of amides is 1. The molecule has 3 rings (SSSR count). The van der Waals surface area contributed by atoms with Crippen LogP contribution >= 0.6 is 0 Å². The highest BCUT2D eigenvalue weighted by atomic mass is 16.8. The lowest BCUT2D eigenvalue weighted by molar-refractivity contribution is -0.375. The van der Waals surface area contributed by atoms with Gasteiger partial charge in [-0.25, -0.2) is 0 Å². The van der Waals surface area contributed by atoms with Gasteiger partial charge in [0, 0.05) is 14.0 Å². The highest BCUT2D eigenvalue weighted by Crippen LogP contribution is 2.32. The number of aliphatic hydroxyl groups excluding tert-OH is 9. The number of rotatable bonds is 9. The Morgan fingerprint density at radius 3 is 1.68 bits per heavy atom. The third-order valence-corrected chi connectivity index (χ3v) is 6.71. The molecular weight excluding hydrogens is 522 g/mol. The Labute approximate surface area is 217 Å². The molecule has 3 heterocycles. The van der Waals surface area contributed by atoms with E-state index < -0.39 is 118 Å². The average Bonchev–Trinajstić information content (AvgIpc) is 2.89. The summed E-state index contributed by atoms with van der Waals surface area (Å²) in [6, 6.07) is -1.16. The summed E-state index contributed by atoms with van der Waals surface area (Å²) in [6.45, 7) is -1.05. The van der Waals surface area contributed by atoms with E-state index in [1.807, 2.05) is 0 Å². The number of hydrogen-bond acceptors (Lipinski definition) is 16. The van der Waals surface area contributed by atoms with E-state index in [9.17, 15) is 50.8 Å². The minimum atomic E-state index is -1.88. The van der Waals surface area contributed by atoms with E-state index in [0.29, 0.717) is 0 Å². The summed E-state index contributed by atoms with van der Waals surface area (Å²) < 4.78 is 32.7. The second-order valence-electron chi connectivity index (χ2n) is 9.28. The molecule has 3 aliphatic rings. The third-order valence-electron chi connectivity index (χ3n) is 6.71. The van der Waals surface area contributed by atoms with Crippen molar-refractivity contribution in [2.75, 3.05) is 26.9 Å². The van der Waals surface area contributed by atoms with Gasteiger partial charge in [-0.15, -0.1) is 0 Å². The maximum atomic E-state index is 11.6. The molecule has 0 radical (unpaired) electrons. The first-order valence-corrected chi connectivity index (χ1v) is 12.0. The molecule has 17 heteroatoms. The summed E-state index contributed by atoms with van der Waals surface area (Å²) >= 11 is 0. The topological polar surface area (TPSA) is 267 Å². The predicted octanol–water partition coefficient (Wildman–Crippen LogP) is -6.78. The van der Waals surface area contributed by atoms with Crippen LogP contribution in [0.4, 0.5) is 0 Å². The minimum Gasteiger partial charge on any atom is -0.394 e.